The third-order valence-corrected chi connectivity index (χ3v) is 3.45. The first-order valence-corrected chi connectivity index (χ1v) is 6.15. The van der Waals surface area contributed by atoms with Crippen molar-refractivity contribution >= 4 is 27.0 Å². The van der Waals surface area contributed by atoms with Gasteiger partial charge in [-0.1, -0.05) is 18.2 Å². The molecule has 0 unspecified atom stereocenters. The fraction of sp³-hybridized carbons (Fsp3) is 0. The van der Waals surface area contributed by atoms with Crippen molar-refractivity contribution in [2.24, 2.45) is 0 Å². The number of halogens is 1. The summed E-state index contributed by atoms with van der Waals surface area (Å²) in [5.74, 6) is 0.0709. The molecule has 5 heteroatoms. The molecule has 0 aliphatic rings. The molecular formula is C13H9BrN2O2. The van der Waals surface area contributed by atoms with E-state index >= 15 is 0 Å². The number of aromatic nitrogens is 2. The highest BCUT2D eigenvalue weighted by molar-refractivity contribution is 9.10. The third-order valence-electron chi connectivity index (χ3n) is 2.78. The molecule has 0 radical (unpaired) electrons. The van der Waals surface area contributed by atoms with Gasteiger partial charge in [0.25, 0.3) is 0 Å². The number of aromatic amines is 1. The molecule has 18 heavy (non-hydrogen) atoms. The number of phenols is 1. The summed E-state index contributed by atoms with van der Waals surface area (Å²) < 4.78 is 2.24. The number of fused-ring (bicyclic) bond motifs is 1. The number of nitrogens with one attached hydrogen (secondary N) is 1. The zero-order valence-corrected chi connectivity index (χ0v) is 10.8. The number of hydrogen-bond donors (Lipinski definition) is 2. The molecule has 3 aromatic rings. The van der Waals surface area contributed by atoms with Crippen molar-refractivity contribution in [1.82, 2.24) is 9.55 Å². The lowest BCUT2D eigenvalue weighted by atomic mass is 10.2. The van der Waals surface area contributed by atoms with Crippen LogP contribution in [0.15, 0.2) is 51.7 Å². The van der Waals surface area contributed by atoms with Crippen molar-refractivity contribution in [3.8, 4) is 11.4 Å². The molecule has 4 nitrogen and oxygen atoms in total. The molecule has 2 aromatic carbocycles. The summed E-state index contributed by atoms with van der Waals surface area (Å²) in [6.45, 7) is 0. The maximum atomic E-state index is 12.0. The third kappa shape index (κ3) is 1.55. The molecule has 1 heterocycles. The first-order chi connectivity index (χ1) is 8.68. The van der Waals surface area contributed by atoms with Crippen LogP contribution < -0.4 is 5.69 Å². The van der Waals surface area contributed by atoms with E-state index in [1.165, 1.54) is 4.57 Å². The lowest BCUT2D eigenvalue weighted by molar-refractivity contribution is 0.479. The largest absolute Gasteiger partial charge is 0.506 e. The Bertz CT molecular complexity index is 789. The number of nitrogens with zero attached hydrogens (tertiary/aromatic N) is 1. The Morgan fingerprint density at radius 1 is 1.11 bits per heavy atom. The van der Waals surface area contributed by atoms with E-state index < -0.39 is 0 Å². The van der Waals surface area contributed by atoms with E-state index in [4.69, 9.17) is 0 Å². The first-order valence-electron chi connectivity index (χ1n) is 5.36. The van der Waals surface area contributed by atoms with Crippen molar-refractivity contribution in [2.45, 2.75) is 0 Å². The first kappa shape index (κ1) is 11.1. The summed E-state index contributed by atoms with van der Waals surface area (Å²) >= 11 is 3.41. The van der Waals surface area contributed by atoms with Crippen LogP contribution >= 0.6 is 15.9 Å². The zero-order valence-electron chi connectivity index (χ0n) is 9.22. The van der Waals surface area contributed by atoms with E-state index in [9.17, 15) is 9.90 Å². The fourth-order valence-corrected chi connectivity index (χ4v) is 2.46. The van der Waals surface area contributed by atoms with Gasteiger partial charge < -0.3 is 10.1 Å². The number of phenolic OH excluding ortho intramolecular Hbond substituents is 1. The fourth-order valence-electron chi connectivity index (χ4n) is 2.00. The molecule has 0 saturated heterocycles. The minimum Gasteiger partial charge on any atom is -0.506 e. The minimum absolute atomic E-state index is 0.0709. The molecule has 0 spiro atoms. The molecule has 0 saturated carbocycles. The highest BCUT2D eigenvalue weighted by Crippen LogP contribution is 2.27. The maximum absolute atomic E-state index is 12.0. The van der Waals surface area contributed by atoms with E-state index in [0.29, 0.717) is 16.7 Å². The van der Waals surface area contributed by atoms with E-state index in [1.807, 2.05) is 24.3 Å². The number of para-hydroxylation sites is 2. The summed E-state index contributed by atoms with van der Waals surface area (Å²) in [7, 11) is 0. The summed E-state index contributed by atoms with van der Waals surface area (Å²) in [6, 6.07) is 12.4. The number of aromatic hydroxyl groups is 1. The number of rotatable bonds is 1. The van der Waals surface area contributed by atoms with Gasteiger partial charge in [0.2, 0.25) is 0 Å². The Balaban J connectivity index is 2.47. The SMILES string of the molecule is O=c1[nH]c2cccc(O)c2n1-c1ccccc1Br. The second kappa shape index (κ2) is 4.03. The molecule has 0 atom stereocenters. The van der Waals surface area contributed by atoms with Crippen LogP contribution in [0.3, 0.4) is 0 Å². The Morgan fingerprint density at radius 2 is 1.89 bits per heavy atom. The Labute approximate surface area is 111 Å². The molecule has 0 bridgehead atoms. The van der Waals surface area contributed by atoms with E-state index in [-0.39, 0.29) is 11.4 Å². The average molecular weight is 305 g/mol. The van der Waals surface area contributed by atoms with Gasteiger partial charge in [0.15, 0.2) is 0 Å². The summed E-state index contributed by atoms with van der Waals surface area (Å²) in [6.07, 6.45) is 0. The quantitative estimate of drug-likeness (QED) is 0.726. The number of H-pyrrole nitrogens is 1. The van der Waals surface area contributed by atoms with Crippen LogP contribution in [0.1, 0.15) is 0 Å². The summed E-state index contributed by atoms with van der Waals surface area (Å²) in [5.41, 5.74) is 1.50. The Hall–Kier alpha value is -2.01. The van der Waals surface area contributed by atoms with Crippen molar-refractivity contribution in [3.05, 3.63) is 57.4 Å². The maximum Gasteiger partial charge on any atom is 0.331 e. The molecule has 3 rings (SSSR count). The van der Waals surface area contributed by atoms with Gasteiger partial charge in [-0.25, -0.2) is 4.79 Å². The van der Waals surface area contributed by atoms with Gasteiger partial charge in [-0.05, 0) is 40.2 Å². The number of hydrogen-bond acceptors (Lipinski definition) is 2. The molecule has 0 aliphatic heterocycles. The van der Waals surface area contributed by atoms with Gasteiger partial charge in [0.1, 0.15) is 11.3 Å². The number of imidazole rings is 1. The smallest absolute Gasteiger partial charge is 0.331 e. The van der Waals surface area contributed by atoms with Crippen molar-refractivity contribution < 1.29 is 5.11 Å². The van der Waals surface area contributed by atoms with Gasteiger partial charge >= 0.3 is 5.69 Å². The topological polar surface area (TPSA) is 58.0 Å². The predicted octanol–water partition coefficient (Wildman–Crippen LogP) is 2.79. The second-order valence-electron chi connectivity index (χ2n) is 3.89. The van der Waals surface area contributed by atoms with Gasteiger partial charge in [-0.15, -0.1) is 0 Å². The molecule has 2 N–H and O–H groups in total. The Morgan fingerprint density at radius 3 is 2.67 bits per heavy atom. The van der Waals surface area contributed by atoms with Crippen LogP contribution in [-0.2, 0) is 0 Å². The van der Waals surface area contributed by atoms with Gasteiger partial charge in [-0.3, -0.25) is 4.57 Å². The van der Waals surface area contributed by atoms with Crippen LogP contribution in [-0.4, -0.2) is 14.7 Å². The summed E-state index contributed by atoms with van der Waals surface area (Å²) in [5, 5.41) is 9.92. The van der Waals surface area contributed by atoms with Crippen molar-refractivity contribution in [1.29, 1.82) is 0 Å². The van der Waals surface area contributed by atoms with Crippen molar-refractivity contribution in [2.75, 3.05) is 0 Å². The summed E-state index contributed by atoms with van der Waals surface area (Å²) in [4.78, 5) is 14.7. The molecule has 1 aromatic heterocycles. The predicted molar refractivity (Wildman–Crippen MR) is 73.3 cm³/mol. The number of benzene rings is 2. The van der Waals surface area contributed by atoms with Crippen molar-refractivity contribution in [3.63, 3.8) is 0 Å². The van der Waals surface area contributed by atoms with Crippen LogP contribution in [0.5, 0.6) is 5.75 Å². The van der Waals surface area contributed by atoms with E-state index in [0.717, 1.165) is 4.47 Å². The lowest BCUT2D eigenvalue weighted by Crippen LogP contribution is -2.14. The zero-order chi connectivity index (χ0) is 12.7. The Kier molecular flexibility index (Phi) is 2.48. The van der Waals surface area contributed by atoms with Crippen LogP contribution in [0.2, 0.25) is 0 Å². The molecule has 90 valence electrons. The van der Waals surface area contributed by atoms with Crippen LogP contribution in [0.4, 0.5) is 0 Å². The molecule has 0 amide bonds. The monoisotopic (exact) mass is 304 g/mol. The van der Waals surface area contributed by atoms with Crippen LogP contribution in [0, 0.1) is 0 Å². The van der Waals surface area contributed by atoms with Gasteiger partial charge in [0, 0.05) is 4.47 Å². The minimum atomic E-state index is -0.279. The van der Waals surface area contributed by atoms with Crippen LogP contribution in [0.25, 0.3) is 16.7 Å². The second-order valence-corrected chi connectivity index (χ2v) is 4.74. The average Bonchev–Trinajstić information content (AvgIpc) is 2.68. The lowest BCUT2D eigenvalue weighted by Gasteiger charge is -2.06. The molecule has 0 fully saturated rings. The molecular weight excluding hydrogens is 296 g/mol. The highest BCUT2D eigenvalue weighted by atomic mass is 79.9. The van der Waals surface area contributed by atoms with E-state index in [2.05, 4.69) is 20.9 Å². The van der Waals surface area contributed by atoms with Gasteiger partial charge in [0.05, 0.1) is 11.2 Å². The molecule has 0 aliphatic carbocycles. The van der Waals surface area contributed by atoms with E-state index in [1.54, 1.807) is 18.2 Å². The normalized spacial score (nSPS) is 10.9. The standard InChI is InChI=1S/C13H9BrN2O2/c14-8-4-1-2-6-10(8)16-12-9(15-13(16)18)5-3-7-11(12)17/h1-7,17H,(H,15,18). The van der Waals surface area contributed by atoms with Gasteiger partial charge in [-0.2, -0.15) is 0 Å². The highest BCUT2D eigenvalue weighted by Gasteiger charge is 2.13.